The van der Waals surface area contributed by atoms with E-state index in [0.29, 0.717) is 5.56 Å². The Hall–Kier alpha value is -2.27. The van der Waals surface area contributed by atoms with Gasteiger partial charge in [-0.05, 0) is 30.5 Å². The second kappa shape index (κ2) is 5.38. The van der Waals surface area contributed by atoms with E-state index in [2.05, 4.69) is 10.4 Å². The minimum absolute atomic E-state index is 0.141. The largest absolute Gasteiger partial charge is 0.271 e. The van der Waals surface area contributed by atoms with Crippen LogP contribution in [0.3, 0.4) is 0 Å². The fourth-order valence-electron chi connectivity index (χ4n) is 2.05. The van der Waals surface area contributed by atoms with Gasteiger partial charge < -0.3 is 0 Å². The third-order valence-electron chi connectivity index (χ3n) is 3.03. The summed E-state index contributed by atoms with van der Waals surface area (Å²) in [6.07, 6.45) is 3.57. The third-order valence-corrected chi connectivity index (χ3v) is 3.82. The molecule has 0 saturated carbocycles. The number of fused-ring (bicyclic) bond motifs is 1. The molecule has 2 aromatic carbocycles. The summed E-state index contributed by atoms with van der Waals surface area (Å²) >= 11 is 1.55. The normalized spacial score (nSPS) is 10.7. The highest BCUT2D eigenvalue weighted by Gasteiger charge is 2.11. The van der Waals surface area contributed by atoms with Crippen LogP contribution in [0, 0.1) is 0 Å². The van der Waals surface area contributed by atoms with Crippen LogP contribution in [-0.2, 0) is 0 Å². The fraction of sp³-hybridized carbons (Fsp3) is 0.0667. The molecule has 4 nitrogen and oxygen atoms in total. The van der Waals surface area contributed by atoms with Gasteiger partial charge in [-0.15, -0.1) is 11.8 Å². The van der Waals surface area contributed by atoms with Gasteiger partial charge in [-0.2, -0.15) is 0 Å². The number of thioether (sulfide) groups is 1. The second-order valence-corrected chi connectivity index (χ2v) is 5.09. The van der Waals surface area contributed by atoms with Crippen molar-refractivity contribution in [3.05, 3.63) is 60.4 Å². The molecule has 20 heavy (non-hydrogen) atoms. The first-order valence-electron chi connectivity index (χ1n) is 6.16. The van der Waals surface area contributed by atoms with Gasteiger partial charge in [-0.3, -0.25) is 10.2 Å². The van der Waals surface area contributed by atoms with Crippen LogP contribution in [0.4, 0.5) is 0 Å². The van der Waals surface area contributed by atoms with E-state index in [4.69, 9.17) is 0 Å². The Kier molecular flexibility index (Phi) is 3.43. The van der Waals surface area contributed by atoms with Crippen LogP contribution < -0.4 is 5.43 Å². The van der Waals surface area contributed by atoms with Crippen molar-refractivity contribution < 1.29 is 4.79 Å². The maximum absolute atomic E-state index is 12.4. The summed E-state index contributed by atoms with van der Waals surface area (Å²) in [5.74, 6) is -0.141. The zero-order chi connectivity index (χ0) is 13.9. The molecular formula is C15H13N3OS. The number of aromatic nitrogens is 2. The van der Waals surface area contributed by atoms with Gasteiger partial charge in [0.05, 0.1) is 16.6 Å². The van der Waals surface area contributed by atoms with Crippen molar-refractivity contribution in [1.82, 2.24) is 9.66 Å². The smallest absolute Gasteiger partial charge is 0.267 e. The molecule has 1 N–H and O–H groups in total. The van der Waals surface area contributed by atoms with Crippen LogP contribution in [0.15, 0.2) is 59.8 Å². The molecule has 0 fully saturated rings. The molecule has 3 aromatic rings. The minimum Gasteiger partial charge on any atom is -0.267 e. The van der Waals surface area contributed by atoms with Gasteiger partial charge in [0.2, 0.25) is 0 Å². The number of para-hydroxylation sites is 2. The molecule has 0 aliphatic rings. The zero-order valence-corrected chi connectivity index (χ0v) is 11.7. The summed E-state index contributed by atoms with van der Waals surface area (Å²) in [6.45, 7) is 0. The van der Waals surface area contributed by atoms with Gasteiger partial charge in [-0.1, -0.05) is 24.3 Å². The Morgan fingerprint density at radius 2 is 1.90 bits per heavy atom. The Balaban J connectivity index is 1.93. The van der Waals surface area contributed by atoms with Crippen LogP contribution in [0.1, 0.15) is 10.4 Å². The molecule has 0 unspecified atom stereocenters. The van der Waals surface area contributed by atoms with E-state index in [1.165, 1.54) is 0 Å². The lowest BCUT2D eigenvalue weighted by atomic mass is 10.2. The van der Waals surface area contributed by atoms with E-state index in [-0.39, 0.29) is 5.91 Å². The first-order chi connectivity index (χ1) is 9.79. The molecule has 0 radical (unpaired) electrons. The number of benzene rings is 2. The zero-order valence-electron chi connectivity index (χ0n) is 10.9. The summed E-state index contributed by atoms with van der Waals surface area (Å²) in [4.78, 5) is 17.6. The molecule has 3 rings (SSSR count). The summed E-state index contributed by atoms with van der Waals surface area (Å²) in [7, 11) is 0. The summed E-state index contributed by atoms with van der Waals surface area (Å²) in [5.41, 5.74) is 5.25. The predicted molar refractivity (Wildman–Crippen MR) is 81.6 cm³/mol. The van der Waals surface area contributed by atoms with Crippen molar-refractivity contribution in [2.24, 2.45) is 0 Å². The van der Waals surface area contributed by atoms with E-state index in [1.54, 1.807) is 22.8 Å². The van der Waals surface area contributed by atoms with Gasteiger partial charge >= 0.3 is 0 Å². The average molecular weight is 283 g/mol. The van der Waals surface area contributed by atoms with Crippen LogP contribution in [-0.4, -0.2) is 21.8 Å². The highest BCUT2D eigenvalue weighted by atomic mass is 32.2. The van der Waals surface area contributed by atoms with Crippen LogP contribution in [0.5, 0.6) is 0 Å². The number of amides is 1. The van der Waals surface area contributed by atoms with Crippen molar-refractivity contribution in [1.29, 1.82) is 0 Å². The Morgan fingerprint density at radius 1 is 1.15 bits per heavy atom. The standard InChI is InChI=1S/C15H13N3OS/c1-20-14-9-5-2-6-11(14)15(19)17-18-10-16-12-7-3-4-8-13(12)18/h2-10H,1H3,(H,17,19). The molecule has 0 saturated heterocycles. The van der Waals surface area contributed by atoms with Gasteiger partial charge in [0.15, 0.2) is 0 Å². The maximum Gasteiger partial charge on any atom is 0.271 e. The average Bonchev–Trinajstić information content (AvgIpc) is 2.90. The SMILES string of the molecule is CSc1ccccc1C(=O)Nn1cnc2ccccc21. The highest BCUT2D eigenvalue weighted by molar-refractivity contribution is 7.98. The van der Waals surface area contributed by atoms with Gasteiger partial charge in [0.1, 0.15) is 6.33 Å². The molecule has 5 heteroatoms. The number of nitrogens with zero attached hydrogens (tertiary/aromatic N) is 2. The third kappa shape index (κ3) is 2.28. The molecule has 0 bridgehead atoms. The molecule has 1 aromatic heterocycles. The van der Waals surface area contributed by atoms with Crippen LogP contribution >= 0.6 is 11.8 Å². The van der Waals surface area contributed by atoms with Crippen molar-refractivity contribution in [2.45, 2.75) is 4.90 Å². The lowest BCUT2D eigenvalue weighted by molar-refractivity contribution is 0.101. The lowest BCUT2D eigenvalue weighted by Gasteiger charge is -2.09. The number of carbonyl (C=O) groups excluding carboxylic acids is 1. The minimum atomic E-state index is -0.141. The molecule has 0 atom stereocenters. The highest BCUT2D eigenvalue weighted by Crippen LogP contribution is 2.20. The number of imidazole rings is 1. The topological polar surface area (TPSA) is 46.9 Å². The van der Waals surface area contributed by atoms with E-state index >= 15 is 0 Å². The molecular weight excluding hydrogens is 270 g/mol. The molecule has 0 aliphatic heterocycles. The Morgan fingerprint density at radius 3 is 2.75 bits per heavy atom. The van der Waals surface area contributed by atoms with E-state index in [0.717, 1.165) is 15.9 Å². The quantitative estimate of drug-likeness (QED) is 0.751. The van der Waals surface area contributed by atoms with Crippen molar-refractivity contribution in [2.75, 3.05) is 11.7 Å². The first kappa shape index (κ1) is 12.7. The lowest BCUT2D eigenvalue weighted by Crippen LogP contribution is -2.22. The molecule has 1 amide bonds. The number of carbonyl (C=O) groups is 1. The summed E-state index contributed by atoms with van der Waals surface area (Å²) in [6, 6.07) is 15.2. The number of rotatable bonds is 3. The summed E-state index contributed by atoms with van der Waals surface area (Å²) in [5, 5.41) is 0. The van der Waals surface area contributed by atoms with E-state index in [1.807, 2.05) is 54.8 Å². The van der Waals surface area contributed by atoms with Crippen molar-refractivity contribution in [3.63, 3.8) is 0 Å². The van der Waals surface area contributed by atoms with Gasteiger partial charge in [0, 0.05) is 4.90 Å². The van der Waals surface area contributed by atoms with Crippen molar-refractivity contribution >= 4 is 28.7 Å². The number of hydrogen-bond donors (Lipinski definition) is 1. The molecule has 1 heterocycles. The first-order valence-corrected chi connectivity index (χ1v) is 7.38. The van der Waals surface area contributed by atoms with E-state index < -0.39 is 0 Å². The summed E-state index contributed by atoms with van der Waals surface area (Å²) < 4.78 is 1.65. The van der Waals surface area contributed by atoms with E-state index in [9.17, 15) is 4.79 Å². The maximum atomic E-state index is 12.4. The predicted octanol–water partition coefficient (Wildman–Crippen LogP) is 3.14. The van der Waals surface area contributed by atoms with Crippen LogP contribution in [0.25, 0.3) is 11.0 Å². The molecule has 0 spiro atoms. The number of hydrogen-bond acceptors (Lipinski definition) is 3. The van der Waals surface area contributed by atoms with Crippen molar-refractivity contribution in [3.8, 4) is 0 Å². The van der Waals surface area contributed by atoms with Crippen LogP contribution in [0.2, 0.25) is 0 Å². The molecule has 100 valence electrons. The Bertz CT molecular complexity index is 766. The second-order valence-electron chi connectivity index (χ2n) is 4.24. The van der Waals surface area contributed by atoms with Gasteiger partial charge in [-0.25, -0.2) is 9.66 Å². The molecule has 0 aliphatic carbocycles. The monoisotopic (exact) mass is 283 g/mol. The number of nitrogens with one attached hydrogen (secondary N) is 1. The fourth-order valence-corrected chi connectivity index (χ4v) is 2.65. The van der Waals surface area contributed by atoms with Gasteiger partial charge in [0.25, 0.3) is 5.91 Å². The Labute approximate surface area is 120 Å².